The van der Waals surface area contributed by atoms with Crippen molar-refractivity contribution < 1.29 is 28.6 Å². The second kappa shape index (κ2) is 7.78. The summed E-state index contributed by atoms with van der Waals surface area (Å²) in [6.45, 7) is 2.69. The van der Waals surface area contributed by atoms with E-state index in [0.29, 0.717) is 31.6 Å². The first-order valence-electron chi connectivity index (χ1n) is 8.64. The predicted octanol–water partition coefficient (Wildman–Crippen LogP) is 2.38. The van der Waals surface area contributed by atoms with Crippen LogP contribution in [0, 0.1) is 6.92 Å². The Hall–Kier alpha value is -2.54. The molecule has 2 heterocycles. The Morgan fingerprint density at radius 1 is 1.31 bits per heavy atom. The largest absolute Gasteiger partial charge is 0.496 e. The number of aliphatic carboxylic acids is 1. The summed E-state index contributed by atoms with van der Waals surface area (Å²) in [5.74, 6) is -0.502. The van der Waals surface area contributed by atoms with Crippen LogP contribution in [0.25, 0.3) is 11.0 Å². The number of aryl methyl sites for hydroxylation is 1. The second-order valence-corrected chi connectivity index (χ2v) is 6.47. The van der Waals surface area contributed by atoms with E-state index < -0.39 is 5.97 Å². The first kappa shape index (κ1) is 18.3. The lowest BCUT2D eigenvalue weighted by molar-refractivity contribution is -0.147. The molecule has 1 aliphatic rings. The summed E-state index contributed by atoms with van der Waals surface area (Å²) < 4.78 is 16.3. The van der Waals surface area contributed by atoms with Crippen LogP contribution >= 0.6 is 0 Å². The van der Waals surface area contributed by atoms with Gasteiger partial charge in [0, 0.05) is 35.8 Å². The molecule has 0 saturated carbocycles. The van der Waals surface area contributed by atoms with Crippen molar-refractivity contribution in [1.82, 2.24) is 4.90 Å². The first-order chi connectivity index (χ1) is 12.5. The Labute approximate surface area is 151 Å². The van der Waals surface area contributed by atoms with Gasteiger partial charge in [0.05, 0.1) is 19.8 Å². The van der Waals surface area contributed by atoms with Crippen molar-refractivity contribution in [2.24, 2.45) is 0 Å². The van der Waals surface area contributed by atoms with E-state index >= 15 is 0 Å². The number of carboxylic acid groups (broad SMARTS) is 1. The smallest absolute Gasteiger partial charge is 0.323 e. The summed E-state index contributed by atoms with van der Waals surface area (Å²) in [5, 5.41) is 10.0. The zero-order chi connectivity index (χ0) is 18.7. The summed E-state index contributed by atoms with van der Waals surface area (Å²) >= 11 is 0. The Morgan fingerprint density at radius 2 is 2.04 bits per heavy atom. The molecule has 2 aromatic rings. The fourth-order valence-electron chi connectivity index (χ4n) is 3.46. The summed E-state index contributed by atoms with van der Waals surface area (Å²) in [7, 11) is 1.60. The molecule has 1 aromatic carbocycles. The third-order valence-corrected chi connectivity index (χ3v) is 4.84. The van der Waals surface area contributed by atoms with E-state index in [9.17, 15) is 14.7 Å². The number of amides is 1. The molecule has 3 rings (SSSR count). The van der Waals surface area contributed by atoms with E-state index in [1.165, 1.54) is 4.90 Å². The van der Waals surface area contributed by atoms with Gasteiger partial charge >= 0.3 is 5.97 Å². The molecule has 0 spiro atoms. The fraction of sp³-hybridized carbons (Fsp3) is 0.474. The number of hydrogen-bond acceptors (Lipinski definition) is 5. The molecular weight excluding hydrogens is 338 g/mol. The molecule has 1 saturated heterocycles. The molecule has 0 bridgehead atoms. The number of carbonyl (C=O) groups is 2. The quantitative estimate of drug-likeness (QED) is 0.850. The number of carboxylic acids is 1. The van der Waals surface area contributed by atoms with Crippen molar-refractivity contribution in [3.05, 3.63) is 29.5 Å². The Kier molecular flexibility index (Phi) is 5.46. The second-order valence-electron chi connectivity index (χ2n) is 6.47. The van der Waals surface area contributed by atoms with Gasteiger partial charge in [-0.25, -0.2) is 0 Å². The monoisotopic (exact) mass is 361 g/mol. The third kappa shape index (κ3) is 3.67. The third-order valence-electron chi connectivity index (χ3n) is 4.84. The van der Waals surface area contributed by atoms with Crippen molar-refractivity contribution >= 4 is 22.8 Å². The van der Waals surface area contributed by atoms with Crippen molar-refractivity contribution in [2.75, 3.05) is 26.9 Å². The van der Waals surface area contributed by atoms with Gasteiger partial charge in [0.15, 0.2) is 0 Å². The minimum atomic E-state index is -1.01. The summed E-state index contributed by atoms with van der Waals surface area (Å²) in [6, 6.07) is 3.60. The van der Waals surface area contributed by atoms with E-state index in [0.717, 1.165) is 22.3 Å². The molecular formula is C19H23NO6. The van der Waals surface area contributed by atoms with Crippen LogP contribution in [-0.2, 0) is 20.7 Å². The minimum absolute atomic E-state index is 0.101. The highest BCUT2D eigenvalue weighted by molar-refractivity contribution is 5.91. The molecule has 1 aromatic heterocycles. The number of rotatable bonds is 6. The van der Waals surface area contributed by atoms with Gasteiger partial charge in [-0.2, -0.15) is 0 Å². The van der Waals surface area contributed by atoms with Gasteiger partial charge in [-0.05, 0) is 31.9 Å². The number of furan rings is 1. The number of hydrogen-bond donors (Lipinski definition) is 1. The van der Waals surface area contributed by atoms with Gasteiger partial charge < -0.3 is 23.9 Å². The summed E-state index contributed by atoms with van der Waals surface area (Å²) in [4.78, 5) is 25.5. The van der Waals surface area contributed by atoms with Crippen LogP contribution in [0.4, 0.5) is 0 Å². The number of fused-ring (bicyclic) bond motifs is 1. The Balaban J connectivity index is 1.83. The van der Waals surface area contributed by atoms with Crippen LogP contribution in [-0.4, -0.2) is 54.8 Å². The number of nitrogens with zero attached hydrogens (tertiary/aromatic N) is 1. The van der Waals surface area contributed by atoms with Gasteiger partial charge in [0.1, 0.15) is 17.9 Å². The molecule has 0 radical (unpaired) electrons. The van der Waals surface area contributed by atoms with Crippen molar-refractivity contribution in [2.45, 2.75) is 32.2 Å². The van der Waals surface area contributed by atoms with Crippen molar-refractivity contribution in [3.63, 3.8) is 0 Å². The Bertz CT molecular complexity index is 806. The zero-order valence-electron chi connectivity index (χ0n) is 15.0. The Morgan fingerprint density at radius 3 is 2.69 bits per heavy atom. The maximum Gasteiger partial charge on any atom is 0.323 e. The molecule has 1 aliphatic heterocycles. The van der Waals surface area contributed by atoms with E-state index in [2.05, 4.69) is 0 Å². The highest BCUT2D eigenvalue weighted by atomic mass is 16.5. The molecule has 7 heteroatoms. The SMILES string of the molecule is COc1ccc2c(CC(=O)N(CC(=O)O)C3CCOCC3)coc2c1C. The van der Waals surface area contributed by atoms with Gasteiger partial charge in [-0.3, -0.25) is 9.59 Å². The molecule has 0 unspecified atom stereocenters. The van der Waals surface area contributed by atoms with Gasteiger partial charge in [-0.1, -0.05) is 0 Å². The minimum Gasteiger partial charge on any atom is -0.496 e. The molecule has 26 heavy (non-hydrogen) atoms. The van der Waals surface area contributed by atoms with Crippen molar-refractivity contribution in [3.8, 4) is 5.75 Å². The summed E-state index contributed by atoms with van der Waals surface area (Å²) in [5.41, 5.74) is 2.30. The molecule has 140 valence electrons. The molecule has 1 N–H and O–H groups in total. The number of methoxy groups -OCH3 is 1. The van der Waals surface area contributed by atoms with Gasteiger partial charge in [-0.15, -0.1) is 0 Å². The van der Waals surface area contributed by atoms with E-state index in [4.69, 9.17) is 13.9 Å². The van der Waals surface area contributed by atoms with Crippen LogP contribution in [0.2, 0.25) is 0 Å². The van der Waals surface area contributed by atoms with E-state index in [-0.39, 0.29) is 24.9 Å². The maximum absolute atomic E-state index is 12.9. The molecule has 0 aliphatic carbocycles. The van der Waals surface area contributed by atoms with Crippen LogP contribution in [0.5, 0.6) is 5.75 Å². The van der Waals surface area contributed by atoms with Crippen LogP contribution in [0.15, 0.2) is 22.8 Å². The average molecular weight is 361 g/mol. The lowest BCUT2D eigenvalue weighted by atomic mass is 10.0. The molecule has 1 fully saturated rings. The van der Waals surface area contributed by atoms with Crippen LogP contribution in [0.1, 0.15) is 24.0 Å². The standard InChI is InChI=1S/C19H23NO6/c1-12-16(24-2)4-3-15-13(11-26-19(12)15)9-17(21)20(10-18(22)23)14-5-7-25-8-6-14/h3-4,11,14H,5-10H2,1-2H3,(H,22,23). The topological polar surface area (TPSA) is 89.2 Å². The molecule has 0 atom stereocenters. The highest BCUT2D eigenvalue weighted by Gasteiger charge is 2.28. The number of carbonyl (C=O) groups excluding carboxylic acids is 1. The van der Waals surface area contributed by atoms with Crippen molar-refractivity contribution in [1.29, 1.82) is 0 Å². The van der Waals surface area contributed by atoms with Gasteiger partial charge in [0.2, 0.25) is 5.91 Å². The fourth-order valence-corrected chi connectivity index (χ4v) is 3.46. The normalized spacial score (nSPS) is 15.2. The first-order valence-corrected chi connectivity index (χ1v) is 8.64. The summed E-state index contributed by atoms with van der Waals surface area (Å²) in [6.07, 6.45) is 2.98. The highest BCUT2D eigenvalue weighted by Crippen LogP contribution is 2.31. The average Bonchev–Trinajstić information content (AvgIpc) is 3.04. The molecule has 7 nitrogen and oxygen atoms in total. The van der Waals surface area contributed by atoms with Gasteiger partial charge in [0.25, 0.3) is 0 Å². The number of ether oxygens (including phenoxy) is 2. The number of benzene rings is 1. The maximum atomic E-state index is 12.9. The predicted molar refractivity (Wildman–Crippen MR) is 94.4 cm³/mol. The van der Waals surface area contributed by atoms with Crippen LogP contribution < -0.4 is 4.74 Å². The lowest BCUT2D eigenvalue weighted by Gasteiger charge is -2.33. The van der Waals surface area contributed by atoms with E-state index in [1.807, 2.05) is 19.1 Å². The van der Waals surface area contributed by atoms with Crippen LogP contribution in [0.3, 0.4) is 0 Å². The lowest BCUT2D eigenvalue weighted by Crippen LogP contribution is -2.46. The zero-order valence-corrected chi connectivity index (χ0v) is 15.0. The van der Waals surface area contributed by atoms with E-state index in [1.54, 1.807) is 13.4 Å². The molecule has 1 amide bonds.